The quantitative estimate of drug-likeness (QED) is 0.435. The zero-order valence-electron chi connectivity index (χ0n) is 22.1. The average molecular weight is 514 g/mol. The summed E-state index contributed by atoms with van der Waals surface area (Å²) in [6.07, 6.45) is 5.29. The van der Waals surface area contributed by atoms with Gasteiger partial charge in [-0.1, -0.05) is 30.8 Å². The van der Waals surface area contributed by atoms with Crippen LogP contribution in [0.1, 0.15) is 47.7 Å². The molecule has 0 bridgehead atoms. The highest BCUT2D eigenvalue weighted by Crippen LogP contribution is 2.42. The number of amides is 1. The predicted octanol–water partition coefficient (Wildman–Crippen LogP) is 3.03. The van der Waals surface area contributed by atoms with Crippen LogP contribution in [0.15, 0.2) is 36.9 Å². The highest BCUT2D eigenvalue weighted by Gasteiger charge is 2.40. The zero-order chi connectivity index (χ0) is 26.2. The Labute approximate surface area is 224 Å². The Balaban J connectivity index is 1.30. The fraction of sp³-hybridized carbons (Fsp3) is 0.517. The molecule has 1 amide bonds. The number of aromatic nitrogens is 2. The molecule has 0 N–H and O–H groups in total. The van der Waals surface area contributed by atoms with Crippen LogP contribution in [0.25, 0.3) is 4.85 Å². The minimum Gasteiger partial charge on any atom is -0.462 e. The van der Waals surface area contributed by atoms with Gasteiger partial charge in [0, 0.05) is 43.8 Å². The molecule has 1 aromatic carbocycles. The highest BCUT2D eigenvalue weighted by atomic mass is 16.5. The highest BCUT2D eigenvalue weighted by molar-refractivity contribution is 5.87. The molecule has 1 aliphatic carbocycles. The molecular weight excluding hydrogens is 478 g/mol. The van der Waals surface area contributed by atoms with E-state index in [-0.39, 0.29) is 5.91 Å². The Morgan fingerprint density at radius 3 is 2.87 bits per heavy atom. The van der Waals surface area contributed by atoms with Gasteiger partial charge in [0.1, 0.15) is 19.0 Å². The Kier molecular flexibility index (Phi) is 6.76. The zero-order valence-corrected chi connectivity index (χ0v) is 22.1. The molecule has 3 aliphatic heterocycles. The van der Waals surface area contributed by atoms with E-state index in [1.807, 2.05) is 0 Å². The summed E-state index contributed by atoms with van der Waals surface area (Å²) < 4.78 is 6.22. The number of carbonyl (C=O) groups excluding carboxylic acids is 1. The van der Waals surface area contributed by atoms with Crippen molar-refractivity contribution in [1.82, 2.24) is 24.7 Å². The summed E-state index contributed by atoms with van der Waals surface area (Å²) in [7, 11) is 2.14. The van der Waals surface area contributed by atoms with E-state index < -0.39 is 6.17 Å². The maximum atomic E-state index is 12.3. The Bertz CT molecular complexity index is 1270. The lowest BCUT2D eigenvalue weighted by Gasteiger charge is -2.36. The summed E-state index contributed by atoms with van der Waals surface area (Å²) in [6.45, 7) is 16.0. The smallest absolute Gasteiger partial charge is 0.318 e. The van der Waals surface area contributed by atoms with Crippen molar-refractivity contribution >= 4 is 11.7 Å². The first kappa shape index (κ1) is 24.8. The van der Waals surface area contributed by atoms with Crippen molar-refractivity contribution in [2.45, 2.75) is 57.0 Å². The average Bonchev–Trinajstić information content (AvgIpc) is 3.68. The minimum absolute atomic E-state index is 0.137. The van der Waals surface area contributed by atoms with Crippen LogP contribution in [-0.2, 0) is 24.3 Å². The van der Waals surface area contributed by atoms with Crippen molar-refractivity contribution in [3.8, 4) is 6.01 Å². The fourth-order valence-corrected chi connectivity index (χ4v) is 6.49. The molecule has 3 atom stereocenters. The van der Waals surface area contributed by atoms with Gasteiger partial charge in [0.2, 0.25) is 5.91 Å². The van der Waals surface area contributed by atoms with E-state index in [1.165, 1.54) is 23.6 Å². The van der Waals surface area contributed by atoms with Crippen molar-refractivity contribution in [2.75, 3.05) is 44.7 Å². The normalized spacial score (nSPS) is 25.2. The predicted molar refractivity (Wildman–Crippen MR) is 144 cm³/mol. The second-order valence-corrected chi connectivity index (χ2v) is 10.8. The topological polar surface area (TPSA) is 69.4 Å². The third-order valence-corrected chi connectivity index (χ3v) is 8.64. The molecule has 6 rings (SSSR count). The number of piperazine rings is 1. The van der Waals surface area contributed by atoms with E-state index in [0.29, 0.717) is 44.3 Å². The van der Waals surface area contributed by atoms with Crippen LogP contribution in [0.2, 0.25) is 0 Å². The molecule has 4 aliphatic rings. The summed E-state index contributed by atoms with van der Waals surface area (Å²) in [5.41, 5.74) is 4.91. The first-order valence-electron chi connectivity index (χ1n) is 13.6. The standard InChI is InChI=1S/C29H35N7O2/c1-4-27(37)34-14-15-36(26(18-34)30-2)28-23-16-35(25-12-11-20-8-5-6-10-22(20)25)17-24(23)31-29(32-28)38-19-21-9-7-13-33(21)3/h4-6,8,10,21,25-26H,1,7,9,11-19H2,3H3/t21-,25?,26+/m0/s1. The Morgan fingerprint density at radius 2 is 2.08 bits per heavy atom. The number of hydrogen-bond donors (Lipinski definition) is 0. The van der Waals surface area contributed by atoms with E-state index in [4.69, 9.17) is 21.3 Å². The van der Waals surface area contributed by atoms with Crippen LogP contribution >= 0.6 is 0 Å². The van der Waals surface area contributed by atoms with E-state index in [9.17, 15) is 4.79 Å². The van der Waals surface area contributed by atoms with E-state index in [2.05, 4.69) is 57.4 Å². The fourth-order valence-electron chi connectivity index (χ4n) is 6.49. The molecule has 2 aromatic rings. The number of likely N-dealkylation sites (tertiary alicyclic amines) is 1. The molecule has 1 aromatic heterocycles. The van der Waals surface area contributed by atoms with Crippen LogP contribution in [0.5, 0.6) is 6.01 Å². The summed E-state index contributed by atoms with van der Waals surface area (Å²) in [5, 5.41) is 0. The monoisotopic (exact) mass is 513 g/mol. The summed E-state index contributed by atoms with van der Waals surface area (Å²) in [6, 6.07) is 9.84. The number of likely N-dealkylation sites (N-methyl/N-ethyl adjacent to an activating group) is 1. The van der Waals surface area contributed by atoms with Crippen LogP contribution < -0.4 is 9.64 Å². The van der Waals surface area contributed by atoms with Crippen LogP contribution in [0.3, 0.4) is 0 Å². The number of benzene rings is 1. The Hall–Kier alpha value is -3.48. The molecule has 0 radical (unpaired) electrons. The van der Waals surface area contributed by atoms with Gasteiger partial charge < -0.3 is 14.5 Å². The van der Waals surface area contributed by atoms with Crippen molar-refractivity contribution in [2.24, 2.45) is 0 Å². The number of fused-ring (bicyclic) bond motifs is 2. The third kappa shape index (κ3) is 4.52. The third-order valence-electron chi connectivity index (χ3n) is 8.64. The number of ether oxygens (including phenoxy) is 1. The first-order valence-corrected chi connectivity index (χ1v) is 13.6. The minimum atomic E-state index is -0.512. The number of carbonyl (C=O) groups is 1. The van der Waals surface area contributed by atoms with Gasteiger partial charge in [-0.05, 0) is 56.5 Å². The van der Waals surface area contributed by atoms with Gasteiger partial charge >= 0.3 is 12.2 Å². The lowest BCUT2D eigenvalue weighted by molar-refractivity contribution is -0.126. The second-order valence-electron chi connectivity index (χ2n) is 10.8. The molecule has 2 saturated heterocycles. The molecule has 2 fully saturated rings. The van der Waals surface area contributed by atoms with Crippen molar-refractivity contribution < 1.29 is 9.53 Å². The van der Waals surface area contributed by atoms with Crippen molar-refractivity contribution in [3.05, 3.63) is 70.7 Å². The van der Waals surface area contributed by atoms with Crippen molar-refractivity contribution in [3.63, 3.8) is 0 Å². The molecule has 9 nitrogen and oxygen atoms in total. The summed E-state index contributed by atoms with van der Waals surface area (Å²) in [4.78, 5) is 34.6. The molecular formula is C29H35N7O2. The maximum absolute atomic E-state index is 12.3. The SMILES string of the molecule is [C-]#[N+][C@H]1CN(C(=O)C=C)CCN1c1nc(OC[C@@H]2CCCN2C)nc2c1CN(C1CCc3ccccc31)C2. The first-order chi connectivity index (χ1) is 18.6. The van der Waals surface area contributed by atoms with Crippen molar-refractivity contribution in [1.29, 1.82) is 0 Å². The molecule has 198 valence electrons. The van der Waals surface area contributed by atoms with Gasteiger partial charge in [0.05, 0.1) is 5.69 Å². The number of nitrogens with zero attached hydrogens (tertiary/aromatic N) is 7. The maximum Gasteiger partial charge on any atom is 0.318 e. The van der Waals surface area contributed by atoms with Gasteiger partial charge in [-0.25, -0.2) is 6.57 Å². The number of anilines is 1. The number of hydrogen-bond acceptors (Lipinski definition) is 7. The molecule has 38 heavy (non-hydrogen) atoms. The van der Waals surface area contributed by atoms with E-state index in [0.717, 1.165) is 56.0 Å². The van der Waals surface area contributed by atoms with Gasteiger partial charge in [-0.2, -0.15) is 9.97 Å². The molecule has 9 heteroatoms. The molecule has 0 saturated carbocycles. The number of aryl methyl sites for hydroxylation is 1. The lowest BCUT2D eigenvalue weighted by Crippen LogP contribution is -2.54. The van der Waals surface area contributed by atoms with Gasteiger partial charge in [-0.3, -0.25) is 19.4 Å². The van der Waals surface area contributed by atoms with Gasteiger partial charge in [-0.15, -0.1) is 0 Å². The van der Waals surface area contributed by atoms with E-state index in [1.54, 1.807) is 4.90 Å². The molecule has 4 heterocycles. The molecule has 1 unspecified atom stereocenters. The lowest BCUT2D eigenvalue weighted by atomic mass is 10.1. The van der Waals surface area contributed by atoms with Gasteiger partial charge in [0.15, 0.2) is 0 Å². The Morgan fingerprint density at radius 1 is 1.21 bits per heavy atom. The van der Waals surface area contributed by atoms with Gasteiger partial charge in [0.25, 0.3) is 0 Å². The summed E-state index contributed by atoms with van der Waals surface area (Å²) >= 11 is 0. The van der Waals surface area contributed by atoms with Crippen LogP contribution in [0.4, 0.5) is 5.82 Å². The summed E-state index contributed by atoms with van der Waals surface area (Å²) in [5.74, 6) is 0.646. The van der Waals surface area contributed by atoms with Crippen LogP contribution in [0, 0.1) is 6.57 Å². The second kappa shape index (κ2) is 10.4. The van der Waals surface area contributed by atoms with E-state index >= 15 is 0 Å². The number of rotatable bonds is 6. The largest absolute Gasteiger partial charge is 0.462 e. The van der Waals surface area contributed by atoms with Crippen LogP contribution in [-0.4, -0.2) is 82.6 Å². The molecule has 0 spiro atoms.